The van der Waals surface area contributed by atoms with E-state index in [0.29, 0.717) is 26.3 Å². The van der Waals surface area contributed by atoms with Crippen LogP contribution in [0.25, 0.3) is 6.08 Å². The number of terminal acetylenes is 1. The molecule has 0 aliphatic carbocycles. The first-order valence-corrected chi connectivity index (χ1v) is 9.41. The summed E-state index contributed by atoms with van der Waals surface area (Å²) >= 11 is 12.9. The largest absolute Gasteiger partial charge is 0.479 e. The van der Waals surface area contributed by atoms with Gasteiger partial charge in [-0.25, -0.2) is 0 Å². The molecule has 4 nitrogen and oxygen atoms in total. The molecule has 7 heteroatoms. The summed E-state index contributed by atoms with van der Waals surface area (Å²) in [6, 6.07) is 12.1. The minimum Gasteiger partial charge on any atom is -0.479 e. The fourth-order valence-electron chi connectivity index (χ4n) is 2.40. The summed E-state index contributed by atoms with van der Waals surface area (Å²) in [6.45, 7) is 0.307. The molecule has 3 rings (SSSR count). The van der Waals surface area contributed by atoms with Crippen LogP contribution in [0, 0.1) is 12.3 Å². The minimum atomic E-state index is -0.344. The molecule has 1 aliphatic heterocycles. The third-order valence-corrected chi connectivity index (χ3v) is 5.15. The lowest BCUT2D eigenvalue weighted by Gasteiger charge is -2.12. The average Bonchev–Trinajstić information content (AvgIpc) is 2.90. The zero-order chi connectivity index (χ0) is 19.4. The van der Waals surface area contributed by atoms with Gasteiger partial charge in [0.15, 0.2) is 0 Å². The number of rotatable bonds is 5. The molecule has 0 atom stereocenters. The maximum absolute atomic E-state index is 12.6. The summed E-state index contributed by atoms with van der Waals surface area (Å²) in [5.41, 5.74) is 1.51. The van der Waals surface area contributed by atoms with Gasteiger partial charge in [-0.05, 0) is 53.2 Å². The lowest BCUT2D eigenvalue weighted by Crippen LogP contribution is -2.27. The van der Waals surface area contributed by atoms with Gasteiger partial charge in [0.05, 0.1) is 16.5 Å². The highest BCUT2D eigenvalue weighted by Gasteiger charge is 2.34. The Morgan fingerprint density at radius 2 is 1.89 bits per heavy atom. The van der Waals surface area contributed by atoms with Crippen LogP contribution in [-0.4, -0.2) is 22.7 Å². The maximum Gasteiger partial charge on any atom is 0.293 e. The Morgan fingerprint density at radius 3 is 2.56 bits per heavy atom. The Bertz CT molecular complexity index is 964. The molecule has 1 saturated heterocycles. The van der Waals surface area contributed by atoms with E-state index in [2.05, 4.69) is 5.92 Å². The Kier molecular flexibility index (Phi) is 6.12. The molecule has 1 aliphatic rings. The third-order valence-electron chi connectivity index (χ3n) is 3.69. The first-order chi connectivity index (χ1) is 13.0. The summed E-state index contributed by atoms with van der Waals surface area (Å²) in [4.78, 5) is 26.4. The summed E-state index contributed by atoms with van der Waals surface area (Å²) in [7, 11) is 0. The molecule has 2 aromatic rings. The second-order valence-electron chi connectivity index (χ2n) is 5.58. The van der Waals surface area contributed by atoms with Gasteiger partial charge in [-0.3, -0.25) is 14.5 Å². The van der Waals surface area contributed by atoms with E-state index in [-0.39, 0.29) is 24.3 Å². The second kappa shape index (κ2) is 8.53. The fourth-order valence-corrected chi connectivity index (χ4v) is 3.61. The molecule has 0 spiro atoms. The van der Waals surface area contributed by atoms with Crippen molar-refractivity contribution < 1.29 is 14.3 Å². The standard InChI is InChI=1S/C20H13Cl2NO3S/c1-2-9-26-17-8-5-14(10-16(17)22)11-18-19(24)23(20(25)27-18)12-13-3-6-15(21)7-4-13/h1,3-8,10-11H,9,12H2/b18-11-. The van der Waals surface area contributed by atoms with Gasteiger partial charge in [0.1, 0.15) is 12.4 Å². The molecule has 0 unspecified atom stereocenters. The molecule has 2 aromatic carbocycles. The van der Waals surface area contributed by atoms with Crippen LogP contribution in [0.1, 0.15) is 11.1 Å². The molecule has 2 amide bonds. The molecule has 0 N–H and O–H groups in total. The SMILES string of the molecule is C#CCOc1ccc(/C=C2\SC(=O)N(Cc3ccc(Cl)cc3)C2=O)cc1Cl. The number of ether oxygens (including phenoxy) is 1. The molecule has 27 heavy (non-hydrogen) atoms. The molecule has 1 fully saturated rings. The van der Waals surface area contributed by atoms with Crippen LogP contribution < -0.4 is 4.74 Å². The number of carbonyl (C=O) groups is 2. The number of nitrogens with zero attached hydrogens (tertiary/aromatic N) is 1. The monoisotopic (exact) mass is 417 g/mol. The van der Waals surface area contributed by atoms with Crippen molar-refractivity contribution in [3.05, 3.63) is 68.5 Å². The van der Waals surface area contributed by atoms with Gasteiger partial charge in [0.25, 0.3) is 11.1 Å². The predicted molar refractivity (Wildman–Crippen MR) is 109 cm³/mol. The van der Waals surface area contributed by atoms with E-state index in [0.717, 1.165) is 17.3 Å². The van der Waals surface area contributed by atoms with Gasteiger partial charge < -0.3 is 4.74 Å². The van der Waals surface area contributed by atoms with Crippen molar-refractivity contribution in [2.24, 2.45) is 0 Å². The lowest BCUT2D eigenvalue weighted by molar-refractivity contribution is -0.123. The zero-order valence-corrected chi connectivity index (χ0v) is 16.3. The normalized spacial score (nSPS) is 15.3. The molecule has 0 aromatic heterocycles. The Morgan fingerprint density at radius 1 is 1.15 bits per heavy atom. The molecule has 1 heterocycles. The maximum atomic E-state index is 12.6. The number of carbonyl (C=O) groups excluding carboxylic acids is 2. The Balaban J connectivity index is 1.76. The molecule has 0 saturated carbocycles. The highest BCUT2D eigenvalue weighted by atomic mass is 35.5. The Labute approximate surface area is 171 Å². The van der Waals surface area contributed by atoms with Gasteiger partial charge in [-0.2, -0.15) is 0 Å². The van der Waals surface area contributed by atoms with E-state index in [4.69, 9.17) is 34.4 Å². The predicted octanol–water partition coefficient (Wildman–Crippen LogP) is 5.24. The quantitative estimate of drug-likeness (QED) is 0.492. The molecular formula is C20H13Cl2NO3S. The molecular weight excluding hydrogens is 405 g/mol. The van der Waals surface area contributed by atoms with E-state index in [1.165, 1.54) is 4.90 Å². The second-order valence-corrected chi connectivity index (χ2v) is 7.41. The number of hydrogen-bond donors (Lipinski definition) is 0. The van der Waals surface area contributed by atoms with Crippen molar-refractivity contribution in [1.29, 1.82) is 0 Å². The fraction of sp³-hybridized carbons (Fsp3) is 0.100. The number of hydrogen-bond acceptors (Lipinski definition) is 4. The molecule has 0 bridgehead atoms. The topological polar surface area (TPSA) is 46.6 Å². The number of benzene rings is 2. The van der Waals surface area contributed by atoms with Crippen LogP contribution in [0.4, 0.5) is 4.79 Å². The number of imide groups is 1. The average molecular weight is 418 g/mol. The first kappa shape index (κ1) is 19.4. The van der Waals surface area contributed by atoms with Crippen LogP contribution in [0.5, 0.6) is 5.75 Å². The van der Waals surface area contributed by atoms with Crippen LogP contribution >= 0.6 is 35.0 Å². The van der Waals surface area contributed by atoms with Crippen LogP contribution in [-0.2, 0) is 11.3 Å². The van der Waals surface area contributed by atoms with Crippen molar-refractivity contribution in [1.82, 2.24) is 4.90 Å². The van der Waals surface area contributed by atoms with Gasteiger partial charge >= 0.3 is 0 Å². The highest BCUT2D eigenvalue weighted by molar-refractivity contribution is 8.18. The number of thioether (sulfide) groups is 1. The number of halogens is 2. The number of amides is 2. The highest BCUT2D eigenvalue weighted by Crippen LogP contribution is 2.34. The van der Waals surface area contributed by atoms with Crippen LogP contribution in [0.3, 0.4) is 0 Å². The van der Waals surface area contributed by atoms with E-state index in [9.17, 15) is 9.59 Å². The van der Waals surface area contributed by atoms with Crippen molar-refractivity contribution in [3.63, 3.8) is 0 Å². The van der Waals surface area contributed by atoms with Crippen LogP contribution in [0.2, 0.25) is 10.0 Å². The summed E-state index contributed by atoms with van der Waals surface area (Å²) in [6.07, 6.45) is 6.79. The van der Waals surface area contributed by atoms with E-state index in [1.807, 2.05) is 0 Å². The van der Waals surface area contributed by atoms with E-state index < -0.39 is 0 Å². The summed E-state index contributed by atoms with van der Waals surface area (Å²) in [5.74, 6) is 2.48. The zero-order valence-electron chi connectivity index (χ0n) is 13.9. The first-order valence-electron chi connectivity index (χ1n) is 7.83. The van der Waals surface area contributed by atoms with Crippen molar-refractivity contribution in [2.45, 2.75) is 6.54 Å². The van der Waals surface area contributed by atoms with Gasteiger partial charge in [-0.15, -0.1) is 6.42 Å². The minimum absolute atomic E-state index is 0.114. The van der Waals surface area contributed by atoms with E-state index >= 15 is 0 Å². The van der Waals surface area contributed by atoms with Crippen molar-refractivity contribution >= 4 is 52.2 Å². The van der Waals surface area contributed by atoms with Crippen molar-refractivity contribution in [2.75, 3.05) is 6.61 Å². The molecule has 136 valence electrons. The smallest absolute Gasteiger partial charge is 0.293 e. The Hall–Kier alpha value is -2.39. The lowest BCUT2D eigenvalue weighted by atomic mass is 10.2. The summed E-state index contributed by atoms with van der Waals surface area (Å²) in [5, 5.41) is 0.653. The van der Waals surface area contributed by atoms with Gasteiger partial charge in [0, 0.05) is 5.02 Å². The third kappa shape index (κ3) is 4.67. The van der Waals surface area contributed by atoms with Gasteiger partial charge in [0.2, 0.25) is 0 Å². The van der Waals surface area contributed by atoms with Crippen molar-refractivity contribution in [3.8, 4) is 18.1 Å². The van der Waals surface area contributed by atoms with E-state index in [1.54, 1.807) is 48.5 Å². The van der Waals surface area contributed by atoms with Crippen LogP contribution in [0.15, 0.2) is 47.4 Å². The molecule has 0 radical (unpaired) electrons. The summed E-state index contributed by atoms with van der Waals surface area (Å²) < 4.78 is 5.31. The van der Waals surface area contributed by atoms with Gasteiger partial charge in [-0.1, -0.05) is 47.3 Å².